The van der Waals surface area contributed by atoms with Crippen molar-refractivity contribution in [3.05, 3.63) is 105 Å². The molecule has 1 aromatic heterocycles. The van der Waals surface area contributed by atoms with E-state index in [0.29, 0.717) is 22.9 Å². The summed E-state index contributed by atoms with van der Waals surface area (Å²) in [5, 5.41) is 15.4. The monoisotopic (exact) mass is 487 g/mol. The molecule has 3 aromatic carbocycles. The van der Waals surface area contributed by atoms with Crippen LogP contribution in [0, 0.1) is 10.1 Å². The van der Waals surface area contributed by atoms with Gasteiger partial charge in [0.15, 0.2) is 11.6 Å². The Morgan fingerprint density at radius 1 is 0.938 bits per heavy atom. The summed E-state index contributed by atoms with van der Waals surface area (Å²) in [6, 6.07) is 25.7. The van der Waals surface area contributed by atoms with Gasteiger partial charge in [-0.25, -0.2) is 9.97 Å². The first-order chi connectivity index (χ1) is 15.5. The molecule has 0 amide bonds. The van der Waals surface area contributed by atoms with Gasteiger partial charge in [0.2, 0.25) is 0 Å². The Morgan fingerprint density at radius 2 is 1.69 bits per heavy atom. The van der Waals surface area contributed by atoms with Crippen molar-refractivity contribution in [1.29, 1.82) is 0 Å². The average molecular weight is 488 g/mol. The van der Waals surface area contributed by atoms with Gasteiger partial charge < -0.3 is 0 Å². The van der Waals surface area contributed by atoms with E-state index < -0.39 is 4.92 Å². The van der Waals surface area contributed by atoms with Crippen LogP contribution >= 0.6 is 15.9 Å². The minimum atomic E-state index is -0.425. The van der Waals surface area contributed by atoms with E-state index >= 15 is 0 Å². The van der Waals surface area contributed by atoms with Gasteiger partial charge in [-0.2, -0.15) is 5.10 Å². The van der Waals surface area contributed by atoms with Crippen LogP contribution in [0.2, 0.25) is 0 Å². The quantitative estimate of drug-likeness (QED) is 0.195. The van der Waals surface area contributed by atoms with Crippen LogP contribution < -0.4 is 5.43 Å². The van der Waals surface area contributed by atoms with E-state index in [1.807, 2.05) is 60.7 Å². The lowest BCUT2D eigenvalue weighted by Crippen LogP contribution is -2.03. The third kappa shape index (κ3) is 5.04. The van der Waals surface area contributed by atoms with E-state index in [2.05, 4.69) is 31.4 Å². The van der Waals surface area contributed by atoms with Crippen molar-refractivity contribution < 1.29 is 4.92 Å². The first kappa shape index (κ1) is 21.3. The Balaban J connectivity index is 1.70. The van der Waals surface area contributed by atoms with E-state index in [1.165, 1.54) is 12.1 Å². The first-order valence-corrected chi connectivity index (χ1v) is 10.5. The molecule has 32 heavy (non-hydrogen) atoms. The van der Waals surface area contributed by atoms with E-state index in [9.17, 15) is 10.1 Å². The third-order valence-corrected chi connectivity index (χ3v) is 5.24. The molecular weight excluding hydrogens is 470 g/mol. The van der Waals surface area contributed by atoms with Crippen molar-refractivity contribution in [3.63, 3.8) is 0 Å². The van der Waals surface area contributed by atoms with E-state index in [0.717, 1.165) is 21.3 Å². The number of benzene rings is 3. The maximum Gasteiger partial charge on any atom is 0.270 e. The number of hydrogen-bond acceptors (Lipinski definition) is 6. The molecule has 0 aliphatic rings. The number of anilines is 1. The van der Waals surface area contributed by atoms with Gasteiger partial charge >= 0.3 is 0 Å². The van der Waals surface area contributed by atoms with Crippen molar-refractivity contribution in [2.75, 3.05) is 5.43 Å². The zero-order valence-corrected chi connectivity index (χ0v) is 18.7. The fourth-order valence-electron chi connectivity index (χ4n) is 3.04. The molecule has 0 fully saturated rings. The second-order valence-electron chi connectivity index (χ2n) is 6.95. The standard InChI is InChI=1S/C24H18BrN5O2/c1-16(19-8-5-9-21(14-19)30(31)32)28-29-23-15-22(17-6-3-2-4-7-17)26-24(27-23)18-10-12-20(25)13-11-18/h2-15H,1H3,(H,26,27,29). The summed E-state index contributed by atoms with van der Waals surface area (Å²) in [5.74, 6) is 1.08. The van der Waals surface area contributed by atoms with Crippen molar-refractivity contribution in [2.45, 2.75) is 6.92 Å². The van der Waals surface area contributed by atoms with Crippen molar-refractivity contribution in [1.82, 2.24) is 9.97 Å². The smallest absolute Gasteiger partial charge is 0.261 e. The summed E-state index contributed by atoms with van der Waals surface area (Å²) in [4.78, 5) is 20.0. The number of nitro groups is 1. The normalized spacial score (nSPS) is 11.2. The fraction of sp³-hybridized carbons (Fsp3) is 0.0417. The molecule has 0 saturated heterocycles. The predicted molar refractivity (Wildman–Crippen MR) is 130 cm³/mol. The number of non-ortho nitro benzene ring substituents is 1. The number of rotatable bonds is 6. The molecular formula is C24H18BrN5O2. The molecule has 0 aliphatic heterocycles. The minimum absolute atomic E-state index is 0.0166. The number of nitro benzene ring substituents is 1. The Kier molecular flexibility index (Phi) is 6.32. The van der Waals surface area contributed by atoms with Crippen LogP contribution in [0.25, 0.3) is 22.6 Å². The van der Waals surface area contributed by atoms with E-state index in [4.69, 9.17) is 4.98 Å². The number of halogens is 1. The molecule has 0 spiro atoms. The molecule has 4 aromatic rings. The second kappa shape index (κ2) is 9.49. The minimum Gasteiger partial charge on any atom is -0.261 e. The molecule has 0 atom stereocenters. The molecule has 0 bridgehead atoms. The predicted octanol–water partition coefficient (Wildman–Crippen LogP) is 6.32. The summed E-state index contributed by atoms with van der Waals surface area (Å²) in [6.07, 6.45) is 0. The number of aromatic nitrogens is 2. The van der Waals surface area contributed by atoms with Crippen LogP contribution in [0.3, 0.4) is 0 Å². The van der Waals surface area contributed by atoms with Crippen molar-refractivity contribution in [3.8, 4) is 22.6 Å². The number of hydrazone groups is 1. The van der Waals surface area contributed by atoms with Crippen LogP contribution in [-0.4, -0.2) is 20.6 Å². The highest BCUT2D eigenvalue weighted by Crippen LogP contribution is 2.25. The topological polar surface area (TPSA) is 93.3 Å². The highest BCUT2D eigenvalue weighted by molar-refractivity contribution is 9.10. The Labute approximate surface area is 193 Å². The van der Waals surface area contributed by atoms with E-state index in [-0.39, 0.29) is 5.69 Å². The number of nitrogens with one attached hydrogen (secondary N) is 1. The number of hydrogen-bond donors (Lipinski definition) is 1. The van der Waals surface area contributed by atoms with Gasteiger partial charge in [-0.3, -0.25) is 15.5 Å². The maximum atomic E-state index is 11.1. The lowest BCUT2D eigenvalue weighted by molar-refractivity contribution is -0.384. The Bertz CT molecular complexity index is 1290. The highest BCUT2D eigenvalue weighted by Gasteiger charge is 2.10. The molecule has 1 N–H and O–H groups in total. The maximum absolute atomic E-state index is 11.1. The van der Waals surface area contributed by atoms with Crippen LogP contribution in [0.15, 0.2) is 94.5 Å². The lowest BCUT2D eigenvalue weighted by Gasteiger charge is -2.09. The van der Waals surface area contributed by atoms with Gasteiger partial charge in [0.05, 0.1) is 16.3 Å². The molecule has 0 unspecified atom stereocenters. The van der Waals surface area contributed by atoms with Gasteiger partial charge in [0.25, 0.3) is 5.69 Å². The van der Waals surface area contributed by atoms with Crippen LogP contribution in [0.1, 0.15) is 12.5 Å². The molecule has 7 nitrogen and oxygen atoms in total. The SMILES string of the molecule is CC(=NNc1cc(-c2ccccc2)nc(-c2ccc(Br)cc2)n1)c1cccc([N+](=O)[O-])c1. The van der Waals surface area contributed by atoms with Crippen LogP contribution in [0.5, 0.6) is 0 Å². The zero-order chi connectivity index (χ0) is 22.5. The first-order valence-electron chi connectivity index (χ1n) is 9.75. The third-order valence-electron chi connectivity index (χ3n) is 4.71. The van der Waals surface area contributed by atoms with Crippen LogP contribution in [-0.2, 0) is 0 Å². The average Bonchev–Trinajstić information content (AvgIpc) is 2.83. The van der Waals surface area contributed by atoms with Gasteiger partial charge in [-0.1, -0.05) is 70.5 Å². The van der Waals surface area contributed by atoms with Gasteiger partial charge in [-0.15, -0.1) is 0 Å². The summed E-state index contributed by atoms with van der Waals surface area (Å²) < 4.78 is 0.969. The zero-order valence-electron chi connectivity index (χ0n) is 17.1. The molecule has 0 radical (unpaired) electrons. The lowest BCUT2D eigenvalue weighted by atomic mass is 10.1. The molecule has 1 heterocycles. The van der Waals surface area contributed by atoms with Gasteiger partial charge in [-0.05, 0) is 19.1 Å². The Morgan fingerprint density at radius 3 is 2.41 bits per heavy atom. The highest BCUT2D eigenvalue weighted by atomic mass is 79.9. The van der Waals surface area contributed by atoms with E-state index in [1.54, 1.807) is 19.1 Å². The number of nitrogens with zero attached hydrogens (tertiary/aromatic N) is 4. The summed E-state index contributed by atoms with van der Waals surface area (Å²) in [7, 11) is 0. The summed E-state index contributed by atoms with van der Waals surface area (Å²) in [5.41, 5.74) is 6.82. The summed E-state index contributed by atoms with van der Waals surface area (Å²) >= 11 is 3.45. The van der Waals surface area contributed by atoms with Gasteiger partial charge in [0, 0.05) is 39.4 Å². The molecule has 0 saturated carbocycles. The molecule has 158 valence electrons. The second-order valence-corrected chi connectivity index (χ2v) is 7.87. The fourth-order valence-corrected chi connectivity index (χ4v) is 3.30. The molecule has 8 heteroatoms. The van der Waals surface area contributed by atoms with Crippen molar-refractivity contribution >= 4 is 33.1 Å². The molecule has 0 aliphatic carbocycles. The molecule has 4 rings (SSSR count). The summed E-state index contributed by atoms with van der Waals surface area (Å²) in [6.45, 7) is 1.78. The largest absolute Gasteiger partial charge is 0.270 e. The Hall–Kier alpha value is -3.91. The van der Waals surface area contributed by atoms with Crippen LogP contribution in [0.4, 0.5) is 11.5 Å². The van der Waals surface area contributed by atoms with Gasteiger partial charge in [0.1, 0.15) is 0 Å². The van der Waals surface area contributed by atoms with Crippen molar-refractivity contribution in [2.24, 2.45) is 5.10 Å².